The first-order chi connectivity index (χ1) is 11.5. The average Bonchev–Trinajstić information content (AvgIpc) is 2.99. The van der Waals surface area contributed by atoms with E-state index in [1.165, 1.54) is 5.56 Å². The monoisotopic (exact) mass is 367 g/mol. The van der Waals surface area contributed by atoms with Crippen molar-refractivity contribution < 1.29 is 9.59 Å². The maximum absolute atomic E-state index is 12.6. The van der Waals surface area contributed by atoms with Crippen molar-refractivity contribution >= 4 is 29.9 Å². The molecule has 2 unspecified atom stereocenters. The predicted octanol–water partition coefficient (Wildman–Crippen LogP) is 2.65. The highest BCUT2D eigenvalue weighted by Gasteiger charge is 2.37. The van der Waals surface area contributed by atoms with Gasteiger partial charge in [0, 0.05) is 38.8 Å². The van der Waals surface area contributed by atoms with Gasteiger partial charge in [-0.3, -0.25) is 9.59 Å². The van der Waals surface area contributed by atoms with Gasteiger partial charge < -0.3 is 15.1 Å². The van der Waals surface area contributed by atoms with Gasteiger partial charge >= 0.3 is 0 Å². The Kier molecular flexibility index (Phi) is 8.39. The Labute approximate surface area is 157 Å². The summed E-state index contributed by atoms with van der Waals surface area (Å²) in [6.45, 7) is 6.21. The quantitative estimate of drug-likeness (QED) is 0.806. The van der Waals surface area contributed by atoms with Crippen molar-refractivity contribution in [2.24, 2.45) is 5.92 Å². The molecule has 25 heavy (non-hydrogen) atoms. The molecule has 1 aromatic rings. The lowest BCUT2D eigenvalue weighted by molar-refractivity contribution is -0.134. The van der Waals surface area contributed by atoms with Crippen LogP contribution >= 0.6 is 12.4 Å². The van der Waals surface area contributed by atoms with E-state index in [4.69, 9.17) is 0 Å². The van der Waals surface area contributed by atoms with E-state index in [0.717, 1.165) is 18.7 Å². The van der Waals surface area contributed by atoms with Crippen LogP contribution in [-0.2, 0) is 9.59 Å². The lowest BCUT2D eigenvalue weighted by Crippen LogP contribution is -2.38. The summed E-state index contributed by atoms with van der Waals surface area (Å²) in [7, 11) is 3.67. The van der Waals surface area contributed by atoms with Gasteiger partial charge in [-0.1, -0.05) is 32.0 Å². The van der Waals surface area contributed by atoms with E-state index in [0.29, 0.717) is 25.4 Å². The molecule has 1 N–H and O–H groups in total. The number of rotatable bonds is 7. The number of carbonyl (C=O) groups excluding carboxylic acids is 2. The fraction of sp³-hybridized carbons (Fsp3) is 0.579. The molecule has 140 valence electrons. The lowest BCUT2D eigenvalue weighted by atomic mass is 9.96. The number of hydrogen-bond donors (Lipinski definition) is 1. The van der Waals surface area contributed by atoms with E-state index in [2.05, 4.69) is 25.2 Å². The number of halogens is 1. The molecule has 0 aliphatic carbocycles. The topological polar surface area (TPSA) is 52.7 Å². The van der Waals surface area contributed by atoms with Crippen LogP contribution in [0.25, 0.3) is 0 Å². The van der Waals surface area contributed by atoms with Gasteiger partial charge in [0.25, 0.3) is 0 Å². The molecule has 0 bridgehead atoms. The number of amides is 2. The lowest BCUT2D eigenvalue weighted by Gasteiger charge is -2.24. The smallest absolute Gasteiger partial charge is 0.227 e. The van der Waals surface area contributed by atoms with Crippen LogP contribution in [0.4, 0.5) is 5.69 Å². The second kappa shape index (κ2) is 9.78. The van der Waals surface area contributed by atoms with Crippen LogP contribution < -0.4 is 10.2 Å². The van der Waals surface area contributed by atoms with Gasteiger partial charge in [0.15, 0.2) is 0 Å². The number of nitrogens with one attached hydrogen (secondary N) is 1. The van der Waals surface area contributed by atoms with Gasteiger partial charge in [-0.05, 0) is 31.0 Å². The van der Waals surface area contributed by atoms with Gasteiger partial charge in [0.1, 0.15) is 0 Å². The molecule has 1 fully saturated rings. The Hall–Kier alpha value is -1.59. The summed E-state index contributed by atoms with van der Waals surface area (Å²) in [5, 5.41) is 3.04. The van der Waals surface area contributed by atoms with Crippen LogP contribution in [0.15, 0.2) is 24.3 Å². The highest BCUT2D eigenvalue weighted by Crippen LogP contribution is 2.33. The summed E-state index contributed by atoms with van der Waals surface area (Å²) in [5.41, 5.74) is 2.15. The molecule has 0 spiro atoms. The second-order valence-electron chi connectivity index (χ2n) is 6.64. The summed E-state index contributed by atoms with van der Waals surface area (Å²) >= 11 is 0. The molecule has 5 nitrogen and oxygen atoms in total. The second-order valence-corrected chi connectivity index (χ2v) is 6.64. The van der Waals surface area contributed by atoms with E-state index in [1.54, 1.807) is 16.8 Å². The molecule has 6 heteroatoms. The zero-order chi connectivity index (χ0) is 17.7. The van der Waals surface area contributed by atoms with Crippen molar-refractivity contribution in [3.05, 3.63) is 29.8 Å². The van der Waals surface area contributed by atoms with E-state index in [9.17, 15) is 9.59 Å². The standard InChI is InChI=1S/C19H29N3O2.ClH/c1-5-14(2)16-8-6-7-9-17(16)22-13-15(12-18(22)23)19(24)21(4)11-10-20-3;/h6-9,14-15,20H,5,10-13H2,1-4H3;1H. The first-order valence-corrected chi connectivity index (χ1v) is 8.78. The number of hydrogen-bond acceptors (Lipinski definition) is 3. The Bertz CT molecular complexity index is 594. The summed E-state index contributed by atoms with van der Waals surface area (Å²) in [4.78, 5) is 28.6. The molecule has 0 saturated carbocycles. The van der Waals surface area contributed by atoms with Gasteiger partial charge in [0.2, 0.25) is 11.8 Å². The number of anilines is 1. The third-order valence-corrected chi connectivity index (χ3v) is 4.92. The Balaban J connectivity index is 0.00000312. The maximum atomic E-state index is 12.6. The zero-order valence-electron chi connectivity index (χ0n) is 15.6. The normalized spacial score (nSPS) is 18.0. The van der Waals surface area contributed by atoms with Crippen molar-refractivity contribution in [2.45, 2.75) is 32.6 Å². The molecular weight excluding hydrogens is 338 g/mol. The van der Waals surface area contributed by atoms with Crippen molar-refractivity contribution in [2.75, 3.05) is 38.6 Å². The minimum Gasteiger partial charge on any atom is -0.344 e. The summed E-state index contributed by atoms with van der Waals surface area (Å²) in [6, 6.07) is 8.06. The molecule has 1 heterocycles. The molecule has 1 aliphatic rings. The highest BCUT2D eigenvalue weighted by atomic mass is 35.5. The fourth-order valence-corrected chi connectivity index (χ4v) is 3.18. The maximum Gasteiger partial charge on any atom is 0.227 e. The van der Waals surface area contributed by atoms with Crippen LogP contribution in [0.2, 0.25) is 0 Å². The van der Waals surface area contributed by atoms with E-state index < -0.39 is 0 Å². The molecule has 1 aromatic carbocycles. The van der Waals surface area contributed by atoms with Crippen molar-refractivity contribution in [3.8, 4) is 0 Å². The Morgan fingerprint density at radius 3 is 2.72 bits per heavy atom. The number of nitrogens with zero attached hydrogens (tertiary/aromatic N) is 2. The molecular formula is C19H30ClN3O2. The minimum atomic E-state index is -0.246. The Morgan fingerprint density at radius 2 is 2.08 bits per heavy atom. The average molecular weight is 368 g/mol. The molecule has 2 rings (SSSR count). The Morgan fingerprint density at radius 1 is 1.40 bits per heavy atom. The van der Waals surface area contributed by atoms with Crippen molar-refractivity contribution in [1.82, 2.24) is 10.2 Å². The molecule has 1 aliphatic heterocycles. The van der Waals surface area contributed by atoms with Crippen LogP contribution in [0.1, 0.15) is 38.2 Å². The van der Waals surface area contributed by atoms with Gasteiger partial charge in [-0.15, -0.1) is 12.4 Å². The molecule has 2 atom stereocenters. The van der Waals surface area contributed by atoms with Gasteiger partial charge in [-0.25, -0.2) is 0 Å². The van der Waals surface area contributed by atoms with Crippen molar-refractivity contribution in [1.29, 1.82) is 0 Å². The van der Waals surface area contributed by atoms with E-state index in [1.807, 2.05) is 25.2 Å². The molecule has 0 aromatic heterocycles. The first-order valence-electron chi connectivity index (χ1n) is 8.78. The molecule has 1 saturated heterocycles. The fourth-order valence-electron chi connectivity index (χ4n) is 3.18. The van der Waals surface area contributed by atoms with Crippen LogP contribution in [0, 0.1) is 5.92 Å². The van der Waals surface area contributed by atoms with Crippen LogP contribution in [0.5, 0.6) is 0 Å². The summed E-state index contributed by atoms with van der Waals surface area (Å²) in [5.74, 6) is 0.250. The number of para-hydroxylation sites is 1. The van der Waals surface area contributed by atoms with E-state index in [-0.39, 0.29) is 30.1 Å². The largest absolute Gasteiger partial charge is 0.344 e. The third-order valence-electron chi connectivity index (χ3n) is 4.92. The number of likely N-dealkylation sites (N-methyl/N-ethyl adjacent to an activating group) is 2. The first kappa shape index (κ1) is 21.5. The predicted molar refractivity (Wildman–Crippen MR) is 104 cm³/mol. The zero-order valence-corrected chi connectivity index (χ0v) is 16.4. The molecule has 0 radical (unpaired) electrons. The van der Waals surface area contributed by atoms with Gasteiger partial charge in [-0.2, -0.15) is 0 Å². The number of benzene rings is 1. The van der Waals surface area contributed by atoms with Crippen LogP contribution in [-0.4, -0.2) is 50.4 Å². The van der Waals surface area contributed by atoms with Crippen molar-refractivity contribution in [3.63, 3.8) is 0 Å². The highest BCUT2D eigenvalue weighted by molar-refractivity contribution is 6.00. The summed E-state index contributed by atoms with van der Waals surface area (Å²) in [6.07, 6.45) is 1.33. The minimum absolute atomic E-state index is 0. The summed E-state index contributed by atoms with van der Waals surface area (Å²) < 4.78 is 0. The third kappa shape index (κ3) is 4.95. The van der Waals surface area contributed by atoms with Crippen LogP contribution in [0.3, 0.4) is 0 Å². The SMILES string of the molecule is CCC(C)c1ccccc1N1CC(C(=O)N(C)CCNC)CC1=O.Cl. The molecule has 2 amide bonds. The van der Waals surface area contributed by atoms with E-state index >= 15 is 0 Å². The number of carbonyl (C=O) groups is 2. The van der Waals surface area contributed by atoms with Gasteiger partial charge in [0.05, 0.1) is 5.92 Å².